The molecule has 6 heteroatoms. The van der Waals surface area contributed by atoms with Gasteiger partial charge in [-0.05, 0) is 59.7 Å². The van der Waals surface area contributed by atoms with Crippen LogP contribution in [-0.4, -0.2) is 29.0 Å². The molecule has 0 aliphatic carbocycles. The van der Waals surface area contributed by atoms with Gasteiger partial charge in [-0.15, -0.1) is 0 Å². The summed E-state index contributed by atoms with van der Waals surface area (Å²) in [5, 5.41) is 10.8. The number of aromatic hydroxyl groups is 1. The largest absolute Gasteiger partial charge is 0.506 e. The van der Waals surface area contributed by atoms with Crippen LogP contribution in [0.4, 0.5) is 5.69 Å². The molecule has 5 rings (SSSR count). The summed E-state index contributed by atoms with van der Waals surface area (Å²) in [6.45, 7) is 0. The van der Waals surface area contributed by atoms with Gasteiger partial charge in [0, 0.05) is 22.5 Å². The van der Waals surface area contributed by atoms with Crippen LogP contribution in [0, 0.1) is 0 Å². The van der Waals surface area contributed by atoms with Crippen LogP contribution < -0.4 is 0 Å². The first-order valence-electron chi connectivity index (χ1n) is 11.6. The summed E-state index contributed by atoms with van der Waals surface area (Å²) in [7, 11) is 1.37. The van der Waals surface area contributed by atoms with Crippen LogP contribution in [0.15, 0.2) is 114 Å². The highest BCUT2D eigenvalue weighted by Gasteiger charge is 2.19. The maximum atomic E-state index is 12.0. The summed E-state index contributed by atoms with van der Waals surface area (Å²) in [5.74, 6) is -0.345. The second kappa shape index (κ2) is 10.6. The molecule has 0 spiro atoms. The van der Waals surface area contributed by atoms with Crippen molar-refractivity contribution in [2.24, 2.45) is 4.99 Å². The Balaban J connectivity index is 1.76. The smallest absolute Gasteiger partial charge is 0.337 e. The van der Waals surface area contributed by atoms with Crippen molar-refractivity contribution in [1.82, 2.24) is 4.57 Å². The van der Waals surface area contributed by atoms with E-state index in [0.717, 1.165) is 33.8 Å². The zero-order valence-electron chi connectivity index (χ0n) is 20.0. The standard InChI is InChI=1S/C31H23ClN2O3/c1-37-31(36)23-12-15-26(16-13-23)34-28(21-8-4-2-5-9-21)18-24(30(34)22-10-6-3-7-11-22)20-33-27-19-25(32)14-17-29(27)35/h2-20,35H,1H3. The van der Waals surface area contributed by atoms with Gasteiger partial charge in [-0.1, -0.05) is 72.3 Å². The van der Waals surface area contributed by atoms with Gasteiger partial charge in [0.05, 0.1) is 24.1 Å². The van der Waals surface area contributed by atoms with Gasteiger partial charge in [0.1, 0.15) is 11.4 Å². The number of esters is 1. The molecule has 4 aromatic carbocycles. The molecule has 0 unspecified atom stereocenters. The Morgan fingerprint density at radius 2 is 1.51 bits per heavy atom. The quantitative estimate of drug-likeness (QED) is 0.189. The molecule has 0 saturated carbocycles. The predicted molar refractivity (Wildman–Crippen MR) is 148 cm³/mol. The van der Waals surface area contributed by atoms with Crippen LogP contribution in [0.1, 0.15) is 15.9 Å². The molecule has 0 amide bonds. The molecule has 0 bridgehead atoms. The first kappa shape index (κ1) is 24.1. The van der Waals surface area contributed by atoms with E-state index >= 15 is 0 Å². The predicted octanol–water partition coefficient (Wildman–Crippen LogP) is 7.71. The van der Waals surface area contributed by atoms with Gasteiger partial charge >= 0.3 is 5.97 Å². The van der Waals surface area contributed by atoms with Crippen molar-refractivity contribution in [1.29, 1.82) is 0 Å². The maximum Gasteiger partial charge on any atom is 0.337 e. The Hall–Kier alpha value is -4.61. The number of hydrogen-bond donors (Lipinski definition) is 1. The monoisotopic (exact) mass is 506 g/mol. The zero-order valence-corrected chi connectivity index (χ0v) is 20.8. The number of carbonyl (C=O) groups excluding carboxylic acids is 1. The van der Waals surface area contributed by atoms with Crippen molar-refractivity contribution in [3.8, 4) is 34.0 Å². The van der Waals surface area contributed by atoms with E-state index in [2.05, 4.69) is 15.6 Å². The molecule has 0 aliphatic heterocycles. The van der Waals surface area contributed by atoms with E-state index in [1.54, 1.807) is 30.5 Å². The third-order valence-corrected chi connectivity index (χ3v) is 6.21. The summed E-state index contributed by atoms with van der Waals surface area (Å²) in [6.07, 6.45) is 1.74. The molecule has 0 atom stereocenters. The number of hydrogen-bond acceptors (Lipinski definition) is 4. The second-order valence-corrected chi connectivity index (χ2v) is 8.77. The number of phenolic OH excluding ortho intramolecular Hbond substituents is 1. The molecule has 5 aromatic rings. The molecular weight excluding hydrogens is 484 g/mol. The summed E-state index contributed by atoms with van der Waals surface area (Å²) >= 11 is 6.14. The lowest BCUT2D eigenvalue weighted by molar-refractivity contribution is 0.0600. The van der Waals surface area contributed by atoms with Crippen LogP contribution in [0.25, 0.3) is 28.2 Å². The minimum absolute atomic E-state index is 0.0445. The van der Waals surface area contributed by atoms with Gasteiger partial charge in [0.2, 0.25) is 0 Å². The van der Waals surface area contributed by atoms with E-state index in [-0.39, 0.29) is 11.7 Å². The molecule has 37 heavy (non-hydrogen) atoms. The molecule has 0 radical (unpaired) electrons. The van der Waals surface area contributed by atoms with E-state index in [9.17, 15) is 9.90 Å². The minimum Gasteiger partial charge on any atom is -0.506 e. The normalized spacial score (nSPS) is 11.1. The van der Waals surface area contributed by atoms with Crippen molar-refractivity contribution < 1.29 is 14.6 Å². The number of halogens is 1. The zero-order chi connectivity index (χ0) is 25.8. The highest BCUT2D eigenvalue weighted by Crippen LogP contribution is 2.36. The maximum absolute atomic E-state index is 12.0. The van der Waals surface area contributed by atoms with Crippen molar-refractivity contribution in [3.63, 3.8) is 0 Å². The lowest BCUT2D eigenvalue weighted by Gasteiger charge is -2.15. The van der Waals surface area contributed by atoms with Gasteiger partial charge < -0.3 is 14.4 Å². The van der Waals surface area contributed by atoms with E-state index in [4.69, 9.17) is 16.3 Å². The number of methoxy groups -OCH3 is 1. The molecule has 0 aliphatic rings. The number of rotatable bonds is 6. The Morgan fingerprint density at radius 3 is 2.16 bits per heavy atom. The van der Waals surface area contributed by atoms with Crippen molar-refractivity contribution >= 4 is 29.5 Å². The van der Waals surface area contributed by atoms with Crippen molar-refractivity contribution in [3.05, 3.63) is 125 Å². The molecule has 1 aromatic heterocycles. The van der Waals surface area contributed by atoms with Crippen LogP contribution >= 0.6 is 11.6 Å². The Bertz CT molecular complexity index is 1570. The Kier molecular flexibility index (Phi) is 6.88. The Labute approximate surface area is 219 Å². The number of aromatic nitrogens is 1. The van der Waals surface area contributed by atoms with Gasteiger partial charge in [0.25, 0.3) is 0 Å². The third-order valence-electron chi connectivity index (χ3n) is 5.97. The van der Waals surface area contributed by atoms with Crippen LogP contribution in [0.5, 0.6) is 5.75 Å². The molecule has 1 heterocycles. The van der Waals surface area contributed by atoms with Gasteiger partial charge in [0.15, 0.2) is 0 Å². The molecule has 0 saturated heterocycles. The number of aliphatic imine (C=N–C) groups is 1. The number of benzene rings is 4. The first-order chi connectivity index (χ1) is 18.0. The van der Waals surface area contributed by atoms with E-state index in [1.807, 2.05) is 72.8 Å². The third kappa shape index (κ3) is 5.03. The van der Waals surface area contributed by atoms with E-state index in [0.29, 0.717) is 16.3 Å². The van der Waals surface area contributed by atoms with Crippen LogP contribution in [0.3, 0.4) is 0 Å². The lowest BCUT2D eigenvalue weighted by Crippen LogP contribution is -2.03. The fourth-order valence-corrected chi connectivity index (χ4v) is 4.38. The minimum atomic E-state index is -0.389. The lowest BCUT2D eigenvalue weighted by atomic mass is 10.1. The Morgan fingerprint density at radius 1 is 0.865 bits per heavy atom. The topological polar surface area (TPSA) is 63.8 Å². The summed E-state index contributed by atoms with van der Waals surface area (Å²) in [4.78, 5) is 16.6. The molecule has 1 N–H and O–H groups in total. The summed E-state index contributed by atoms with van der Waals surface area (Å²) < 4.78 is 7.01. The first-order valence-corrected chi connectivity index (χ1v) is 12.0. The average molecular weight is 507 g/mol. The molecule has 0 fully saturated rings. The highest BCUT2D eigenvalue weighted by molar-refractivity contribution is 6.30. The summed E-state index contributed by atoms with van der Waals surface area (Å²) in [5.41, 5.74) is 6.43. The molecule has 5 nitrogen and oxygen atoms in total. The number of carbonyl (C=O) groups is 1. The second-order valence-electron chi connectivity index (χ2n) is 8.33. The highest BCUT2D eigenvalue weighted by atomic mass is 35.5. The number of phenols is 1. The van der Waals surface area contributed by atoms with E-state index < -0.39 is 0 Å². The van der Waals surface area contributed by atoms with Crippen LogP contribution in [0.2, 0.25) is 5.02 Å². The van der Waals surface area contributed by atoms with Crippen molar-refractivity contribution in [2.75, 3.05) is 7.11 Å². The average Bonchev–Trinajstić information content (AvgIpc) is 3.33. The van der Waals surface area contributed by atoms with Gasteiger partial charge in [-0.2, -0.15) is 0 Å². The molecule has 182 valence electrons. The number of ether oxygens (including phenoxy) is 1. The fourth-order valence-electron chi connectivity index (χ4n) is 4.21. The summed E-state index contributed by atoms with van der Waals surface area (Å²) in [6, 6.07) is 34.2. The van der Waals surface area contributed by atoms with Gasteiger partial charge in [-0.25, -0.2) is 4.79 Å². The van der Waals surface area contributed by atoms with Crippen molar-refractivity contribution in [2.45, 2.75) is 0 Å². The SMILES string of the molecule is COC(=O)c1ccc(-n2c(-c3ccccc3)cc(C=Nc3cc(Cl)ccc3O)c2-c2ccccc2)cc1. The van der Waals surface area contributed by atoms with E-state index in [1.165, 1.54) is 13.2 Å². The molecular formula is C31H23ClN2O3. The van der Waals surface area contributed by atoms with Crippen LogP contribution in [-0.2, 0) is 4.74 Å². The van der Waals surface area contributed by atoms with Gasteiger partial charge in [-0.3, -0.25) is 4.99 Å². The number of nitrogens with zero attached hydrogens (tertiary/aromatic N) is 2. The fraction of sp³-hybridized carbons (Fsp3) is 0.0323.